The van der Waals surface area contributed by atoms with Crippen LogP contribution in [-0.2, 0) is 0 Å². The average Bonchev–Trinajstić information content (AvgIpc) is 3.06. The number of rotatable bonds is 7. The van der Waals surface area contributed by atoms with E-state index in [2.05, 4.69) is 20.8 Å². The number of hydrogen-bond acceptors (Lipinski definition) is 1. The van der Waals surface area contributed by atoms with Crippen LogP contribution in [0, 0.1) is 17.2 Å². The van der Waals surface area contributed by atoms with Crippen LogP contribution in [0.2, 0.25) is 0 Å². The summed E-state index contributed by atoms with van der Waals surface area (Å²) in [7, 11) is 0. The molecule has 0 aliphatic heterocycles. The molecule has 0 amide bonds. The summed E-state index contributed by atoms with van der Waals surface area (Å²) in [5.74, 6) is 1.82. The Labute approximate surface area is 101 Å². The molecule has 1 saturated carbocycles. The van der Waals surface area contributed by atoms with E-state index in [0.29, 0.717) is 0 Å². The van der Waals surface area contributed by atoms with Gasteiger partial charge in [0.15, 0.2) is 0 Å². The van der Waals surface area contributed by atoms with Gasteiger partial charge in [-0.3, -0.25) is 0 Å². The van der Waals surface area contributed by atoms with Crippen molar-refractivity contribution in [1.29, 1.82) is 5.41 Å². The van der Waals surface area contributed by atoms with Crippen molar-refractivity contribution in [3.8, 4) is 0 Å². The van der Waals surface area contributed by atoms with Gasteiger partial charge >= 0.3 is 0 Å². The van der Waals surface area contributed by atoms with E-state index >= 15 is 0 Å². The molecule has 16 heavy (non-hydrogen) atoms. The van der Waals surface area contributed by atoms with Crippen molar-refractivity contribution in [2.75, 3.05) is 0 Å². The predicted molar refractivity (Wildman–Crippen MR) is 72.1 cm³/mol. The molecule has 1 atom stereocenters. The van der Waals surface area contributed by atoms with Gasteiger partial charge in [-0.15, -0.1) is 0 Å². The molecule has 0 radical (unpaired) electrons. The van der Waals surface area contributed by atoms with Crippen LogP contribution in [0.25, 0.3) is 0 Å². The molecule has 92 valence electrons. The summed E-state index contributed by atoms with van der Waals surface area (Å²) in [6.07, 6.45) is 7.79. The van der Waals surface area contributed by atoms with Gasteiger partial charge in [0, 0.05) is 5.71 Å². The summed E-state index contributed by atoms with van der Waals surface area (Å²) in [6, 6.07) is 0. The average molecular weight is 221 g/mol. The summed E-state index contributed by atoms with van der Waals surface area (Å²) in [5, 5.41) is 7.89. The lowest BCUT2D eigenvalue weighted by atomic mass is 9.87. The first-order valence-corrected chi connectivity index (χ1v) is 6.82. The minimum Gasteiger partial charge on any atom is -0.305 e. The second-order valence-corrected chi connectivity index (χ2v) is 5.39. The highest BCUT2D eigenvalue weighted by Gasteiger charge is 2.25. The van der Waals surface area contributed by atoms with Crippen LogP contribution in [0.1, 0.15) is 66.2 Å². The Morgan fingerprint density at radius 2 is 1.88 bits per heavy atom. The van der Waals surface area contributed by atoms with Gasteiger partial charge < -0.3 is 5.41 Å². The molecule has 0 aromatic heterocycles. The zero-order valence-corrected chi connectivity index (χ0v) is 11.4. The first-order chi connectivity index (χ1) is 7.58. The van der Waals surface area contributed by atoms with Gasteiger partial charge in [-0.1, -0.05) is 38.7 Å². The molecule has 0 aromatic carbocycles. The van der Waals surface area contributed by atoms with Crippen molar-refractivity contribution < 1.29 is 0 Å². The third-order valence-electron chi connectivity index (χ3n) is 3.93. The van der Waals surface area contributed by atoms with Gasteiger partial charge in [0.05, 0.1) is 0 Å². The monoisotopic (exact) mass is 221 g/mol. The normalized spacial score (nSPS) is 19.2. The smallest absolute Gasteiger partial charge is 0.0314 e. The molecule has 1 fully saturated rings. The zero-order valence-electron chi connectivity index (χ0n) is 11.4. The van der Waals surface area contributed by atoms with Gasteiger partial charge in [-0.2, -0.15) is 0 Å². The maximum Gasteiger partial charge on any atom is 0.0314 e. The van der Waals surface area contributed by atoms with Gasteiger partial charge in [-0.05, 0) is 50.5 Å². The van der Waals surface area contributed by atoms with Crippen molar-refractivity contribution in [3.63, 3.8) is 0 Å². The molecular weight excluding hydrogens is 194 g/mol. The lowest BCUT2D eigenvalue weighted by Gasteiger charge is -2.18. The molecule has 1 unspecified atom stereocenters. The molecule has 0 spiro atoms. The third-order valence-corrected chi connectivity index (χ3v) is 3.93. The molecule has 1 aliphatic rings. The largest absolute Gasteiger partial charge is 0.305 e. The Kier molecular flexibility index (Phi) is 5.24. The Morgan fingerprint density at radius 3 is 2.25 bits per heavy atom. The molecular formula is C15H27N. The van der Waals surface area contributed by atoms with E-state index in [1.54, 1.807) is 0 Å². The Balaban J connectivity index is 2.61. The highest BCUT2D eigenvalue weighted by molar-refractivity contribution is 5.96. The summed E-state index contributed by atoms with van der Waals surface area (Å²) in [4.78, 5) is 0. The topological polar surface area (TPSA) is 23.9 Å². The van der Waals surface area contributed by atoms with Crippen LogP contribution in [0.3, 0.4) is 0 Å². The second kappa shape index (κ2) is 6.22. The zero-order chi connectivity index (χ0) is 12.1. The van der Waals surface area contributed by atoms with Crippen molar-refractivity contribution in [2.45, 2.75) is 66.2 Å². The fourth-order valence-electron chi connectivity index (χ4n) is 2.37. The molecule has 0 bridgehead atoms. The highest BCUT2D eigenvalue weighted by atomic mass is 14.4. The number of hydrogen-bond donors (Lipinski definition) is 1. The second-order valence-electron chi connectivity index (χ2n) is 5.39. The van der Waals surface area contributed by atoms with Crippen LogP contribution >= 0.6 is 0 Å². The molecule has 1 aliphatic carbocycles. The Bertz CT molecular complexity index is 271. The van der Waals surface area contributed by atoms with Crippen molar-refractivity contribution in [1.82, 2.24) is 0 Å². The Hall–Kier alpha value is -0.590. The quantitative estimate of drug-likeness (QED) is 0.587. The third kappa shape index (κ3) is 4.11. The summed E-state index contributed by atoms with van der Waals surface area (Å²) in [5.41, 5.74) is 3.53. The van der Waals surface area contributed by atoms with E-state index in [1.807, 2.05) is 6.92 Å². The van der Waals surface area contributed by atoms with Gasteiger partial charge in [0.25, 0.3) is 0 Å². The highest BCUT2D eigenvalue weighted by Crippen LogP contribution is 2.38. The SMILES string of the molecule is CCC(C)=C(CC(CC)CC1CC1)C(C)=N. The van der Waals surface area contributed by atoms with Gasteiger partial charge in [-0.25, -0.2) is 0 Å². The van der Waals surface area contributed by atoms with Crippen LogP contribution in [0.15, 0.2) is 11.1 Å². The maximum atomic E-state index is 7.89. The van der Waals surface area contributed by atoms with Crippen molar-refractivity contribution in [2.24, 2.45) is 11.8 Å². The van der Waals surface area contributed by atoms with E-state index in [-0.39, 0.29) is 0 Å². The van der Waals surface area contributed by atoms with E-state index in [0.717, 1.165) is 30.4 Å². The first-order valence-electron chi connectivity index (χ1n) is 6.82. The predicted octanol–water partition coefficient (Wildman–Crippen LogP) is 4.97. The van der Waals surface area contributed by atoms with E-state index in [4.69, 9.17) is 5.41 Å². The summed E-state index contributed by atoms with van der Waals surface area (Å²) in [6.45, 7) is 8.63. The van der Waals surface area contributed by atoms with Crippen LogP contribution < -0.4 is 0 Å². The van der Waals surface area contributed by atoms with Crippen molar-refractivity contribution >= 4 is 5.71 Å². The Morgan fingerprint density at radius 1 is 1.25 bits per heavy atom. The maximum absolute atomic E-state index is 7.89. The van der Waals surface area contributed by atoms with Crippen LogP contribution in [-0.4, -0.2) is 5.71 Å². The number of allylic oxidation sites excluding steroid dienone is 2. The fraction of sp³-hybridized carbons (Fsp3) is 0.800. The van der Waals surface area contributed by atoms with Crippen LogP contribution in [0.4, 0.5) is 0 Å². The van der Waals surface area contributed by atoms with Crippen LogP contribution in [0.5, 0.6) is 0 Å². The molecule has 1 heteroatoms. The molecule has 0 heterocycles. The molecule has 0 saturated heterocycles. The first kappa shape index (κ1) is 13.5. The minimum absolute atomic E-state index is 0.786. The summed E-state index contributed by atoms with van der Waals surface area (Å²) < 4.78 is 0. The molecule has 1 nitrogen and oxygen atoms in total. The lowest BCUT2D eigenvalue weighted by Crippen LogP contribution is -2.08. The molecule has 0 aromatic rings. The fourth-order valence-corrected chi connectivity index (χ4v) is 2.37. The molecule has 1 rings (SSSR count). The standard InChI is InChI=1S/C15H27N/c1-5-11(3)15(12(4)16)10-13(6-2)9-14-7-8-14/h13-14,16H,5-10H2,1-4H3. The van der Waals surface area contributed by atoms with Gasteiger partial charge in [0.2, 0.25) is 0 Å². The minimum atomic E-state index is 0.786. The molecule has 1 N–H and O–H groups in total. The van der Waals surface area contributed by atoms with E-state index in [9.17, 15) is 0 Å². The number of nitrogens with one attached hydrogen (secondary N) is 1. The lowest BCUT2D eigenvalue weighted by molar-refractivity contribution is 0.442. The van der Waals surface area contributed by atoms with Crippen molar-refractivity contribution in [3.05, 3.63) is 11.1 Å². The van der Waals surface area contributed by atoms with Gasteiger partial charge in [0.1, 0.15) is 0 Å². The van der Waals surface area contributed by atoms with E-state index in [1.165, 1.54) is 36.8 Å². The van der Waals surface area contributed by atoms with E-state index < -0.39 is 0 Å². The summed E-state index contributed by atoms with van der Waals surface area (Å²) >= 11 is 0.